The molecule has 0 aromatic carbocycles. The van der Waals surface area contributed by atoms with Gasteiger partial charge >= 0.3 is 0 Å². The number of hydrogen-bond donors (Lipinski definition) is 1. The van der Waals surface area contributed by atoms with E-state index < -0.39 is 0 Å². The lowest BCUT2D eigenvalue weighted by Crippen LogP contribution is -1.97. The summed E-state index contributed by atoms with van der Waals surface area (Å²) in [6.07, 6.45) is 1.66. The smallest absolute Gasteiger partial charge is 0.201 e. The molecule has 5 nitrogen and oxygen atoms in total. The minimum absolute atomic E-state index is 0.534. The molecule has 0 amide bonds. The van der Waals surface area contributed by atoms with Crippen LogP contribution in [0.25, 0.3) is 11.5 Å². The maximum absolute atomic E-state index is 4.08. The van der Waals surface area contributed by atoms with Gasteiger partial charge in [0, 0.05) is 6.20 Å². The average Bonchev–Trinajstić information content (AvgIpc) is 2.28. The van der Waals surface area contributed by atoms with E-state index >= 15 is 0 Å². The zero-order valence-electron chi connectivity index (χ0n) is 6.75. The fourth-order valence-corrected chi connectivity index (χ4v) is 0.895. The number of hydrogen-bond acceptors (Lipinski definition) is 4. The van der Waals surface area contributed by atoms with Gasteiger partial charge in [0.2, 0.25) is 5.82 Å². The molecule has 0 spiro atoms. The predicted octanol–water partition coefficient (Wildman–Crippen LogP) is 0.824. The SMILES string of the molecule is c1cccc2[nH]nnnc-2ncc1. The third kappa shape index (κ3) is 1.76. The number of nitrogens with one attached hydrogen (secondary N) is 1. The highest BCUT2D eigenvalue weighted by atomic mass is 15.4. The highest BCUT2D eigenvalue weighted by Gasteiger charge is 1.98. The summed E-state index contributed by atoms with van der Waals surface area (Å²) in [5.41, 5.74) is 0.742. The second-order valence-electron chi connectivity index (χ2n) is 2.35. The largest absolute Gasteiger partial charge is 0.254 e. The number of rotatable bonds is 0. The molecule has 0 aromatic rings. The van der Waals surface area contributed by atoms with Crippen molar-refractivity contribution in [3.63, 3.8) is 0 Å². The quantitative estimate of drug-likeness (QED) is 0.640. The molecule has 2 aliphatic rings. The lowest BCUT2D eigenvalue weighted by molar-refractivity contribution is 0.756. The van der Waals surface area contributed by atoms with Gasteiger partial charge in [-0.15, -0.1) is 5.10 Å². The Bertz CT molecular complexity index is 372. The van der Waals surface area contributed by atoms with Gasteiger partial charge in [-0.25, -0.2) is 4.98 Å². The van der Waals surface area contributed by atoms with Gasteiger partial charge in [0.15, 0.2) is 0 Å². The minimum Gasteiger partial charge on any atom is -0.254 e. The number of H-pyrrole nitrogens is 1. The van der Waals surface area contributed by atoms with Crippen molar-refractivity contribution in [2.45, 2.75) is 0 Å². The highest BCUT2D eigenvalue weighted by molar-refractivity contribution is 5.45. The predicted molar refractivity (Wildman–Crippen MR) is 46.2 cm³/mol. The van der Waals surface area contributed by atoms with Gasteiger partial charge in [0.25, 0.3) is 0 Å². The molecule has 0 saturated heterocycles. The fraction of sp³-hybridized carbons (Fsp3) is 0. The molecule has 2 heterocycles. The number of nitrogens with zero attached hydrogens (tertiary/aromatic N) is 4. The van der Waals surface area contributed by atoms with Gasteiger partial charge in [0.05, 0.1) is 0 Å². The summed E-state index contributed by atoms with van der Waals surface area (Å²) < 4.78 is 0. The van der Waals surface area contributed by atoms with E-state index in [4.69, 9.17) is 0 Å². The molecule has 0 aliphatic carbocycles. The lowest BCUT2D eigenvalue weighted by Gasteiger charge is -1.93. The number of aromatic amines is 1. The fourth-order valence-electron chi connectivity index (χ4n) is 0.895. The molecule has 0 unspecified atom stereocenters. The zero-order valence-corrected chi connectivity index (χ0v) is 6.75. The average molecular weight is 173 g/mol. The molecular weight excluding hydrogens is 166 g/mol. The van der Waals surface area contributed by atoms with Crippen LogP contribution in [0.3, 0.4) is 0 Å². The van der Waals surface area contributed by atoms with Gasteiger partial charge in [-0.05, 0) is 22.6 Å². The highest BCUT2D eigenvalue weighted by Crippen LogP contribution is 2.05. The molecule has 0 saturated carbocycles. The van der Waals surface area contributed by atoms with Crippen LogP contribution in [0.2, 0.25) is 0 Å². The van der Waals surface area contributed by atoms with E-state index in [0.717, 1.165) is 5.69 Å². The van der Waals surface area contributed by atoms with Gasteiger partial charge in [0.1, 0.15) is 5.69 Å². The minimum atomic E-state index is 0.534. The topological polar surface area (TPSA) is 67.3 Å². The van der Waals surface area contributed by atoms with Gasteiger partial charge < -0.3 is 0 Å². The maximum Gasteiger partial charge on any atom is 0.201 e. The summed E-state index contributed by atoms with van der Waals surface area (Å²) in [5.74, 6) is 0.534. The van der Waals surface area contributed by atoms with Crippen molar-refractivity contribution in [1.29, 1.82) is 0 Å². The third-order valence-corrected chi connectivity index (χ3v) is 1.47. The monoisotopic (exact) mass is 173 g/mol. The summed E-state index contributed by atoms with van der Waals surface area (Å²) in [4.78, 5) is 4.08. The molecule has 1 N–H and O–H groups in total. The van der Waals surface area contributed by atoms with E-state index in [1.54, 1.807) is 6.20 Å². The zero-order chi connectivity index (χ0) is 8.93. The van der Waals surface area contributed by atoms with Crippen LogP contribution < -0.4 is 0 Å². The van der Waals surface area contributed by atoms with Crippen LogP contribution in [-0.4, -0.2) is 25.6 Å². The molecule has 0 atom stereocenters. The van der Waals surface area contributed by atoms with Crippen LogP contribution >= 0.6 is 0 Å². The Labute approximate surface area is 74.5 Å². The van der Waals surface area contributed by atoms with Crippen molar-refractivity contribution in [2.75, 3.05) is 0 Å². The molecule has 0 aromatic heterocycles. The van der Waals surface area contributed by atoms with E-state index in [1.807, 2.05) is 30.3 Å². The normalized spacial score (nSPS) is 9.54. The van der Waals surface area contributed by atoms with Crippen LogP contribution in [0.5, 0.6) is 0 Å². The third-order valence-electron chi connectivity index (χ3n) is 1.47. The summed E-state index contributed by atoms with van der Waals surface area (Å²) in [7, 11) is 0. The Hall–Kier alpha value is -2.04. The van der Waals surface area contributed by atoms with Gasteiger partial charge in [-0.1, -0.05) is 18.2 Å². The van der Waals surface area contributed by atoms with Crippen molar-refractivity contribution in [2.24, 2.45) is 0 Å². The molecule has 2 aliphatic heterocycles. The molecule has 64 valence electrons. The van der Waals surface area contributed by atoms with E-state index in [2.05, 4.69) is 25.6 Å². The number of fused-ring (bicyclic) bond motifs is 1. The summed E-state index contributed by atoms with van der Waals surface area (Å²) in [6, 6.07) is 9.32. The van der Waals surface area contributed by atoms with Crippen molar-refractivity contribution in [3.8, 4) is 11.5 Å². The van der Waals surface area contributed by atoms with Crippen molar-refractivity contribution < 1.29 is 0 Å². The van der Waals surface area contributed by atoms with Gasteiger partial charge in [-0.2, -0.15) is 0 Å². The van der Waals surface area contributed by atoms with Crippen LogP contribution in [0.15, 0.2) is 36.5 Å². The molecular formula is C8H7N5. The van der Waals surface area contributed by atoms with E-state index in [0.29, 0.717) is 5.82 Å². The Balaban J connectivity index is 2.69. The second-order valence-corrected chi connectivity index (χ2v) is 2.35. The van der Waals surface area contributed by atoms with Crippen LogP contribution in [0, 0.1) is 0 Å². The lowest BCUT2D eigenvalue weighted by atomic mass is 10.4. The first kappa shape index (κ1) is 7.60. The summed E-state index contributed by atoms with van der Waals surface area (Å²) in [6.45, 7) is 0. The molecule has 0 radical (unpaired) electrons. The molecule has 2 rings (SSSR count). The van der Waals surface area contributed by atoms with Crippen LogP contribution in [0.4, 0.5) is 0 Å². The molecule has 13 heavy (non-hydrogen) atoms. The van der Waals surface area contributed by atoms with E-state index in [9.17, 15) is 0 Å². The second kappa shape index (κ2) is 3.57. The van der Waals surface area contributed by atoms with E-state index in [-0.39, 0.29) is 0 Å². The first-order valence-electron chi connectivity index (χ1n) is 3.78. The van der Waals surface area contributed by atoms with Crippen molar-refractivity contribution in [3.05, 3.63) is 36.5 Å². The van der Waals surface area contributed by atoms with E-state index in [1.165, 1.54) is 0 Å². The van der Waals surface area contributed by atoms with Crippen molar-refractivity contribution in [1.82, 2.24) is 25.6 Å². The Morgan fingerprint density at radius 2 is 2.00 bits per heavy atom. The molecule has 5 heteroatoms. The standard InChI is InChI=1S/C8H7N5/c1-2-4-6-9-8-7(5-3-1)10-12-13-11-8/h1-6H,(H,10,13). The summed E-state index contributed by atoms with van der Waals surface area (Å²) in [5, 5.41) is 13.5. The molecule has 0 bridgehead atoms. The van der Waals surface area contributed by atoms with Crippen LogP contribution in [0.1, 0.15) is 0 Å². The van der Waals surface area contributed by atoms with Crippen LogP contribution in [-0.2, 0) is 0 Å². The first-order valence-corrected chi connectivity index (χ1v) is 3.78. The Kier molecular flexibility index (Phi) is 2.09. The number of aromatic nitrogens is 5. The van der Waals surface area contributed by atoms with Crippen molar-refractivity contribution >= 4 is 0 Å². The maximum atomic E-state index is 4.08. The summed E-state index contributed by atoms with van der Waals surface area (Å²) >= 11 is 0. The Morgan fingerprint density at radius 1 is 1.08 bits per heavy atom. The first-order chi connectivity index (χ1) is 6.47. The Morgan fingerprint density at radius 3 is 3.00 bits per heavy atom. The van der Waals surface area contributed by atoms with Gasteiger partial charge in [-0.3, -0.25) is 5.10 Å². The molecule has 0 fully saturated rings.